The zero-order chi connectivity index (χ0) is 11.0. The van der Waals surface area contributed by atoms with Gasteiger partial charge < -0.3 is 4.42 Å². The number of rotatable bonds is 2. The van der Waals surface area contributed by atoms with E-state index in [0.717, 1.165) is 11.3 Å². The zero-order valence-electron chi connectivity index (χ0n) is 8.31. The SMILES string of the molecule is ClCc1ncc(-c2csc3ccccc23)o1. The summed E-state index contributed by atoms with van der Waals surface area (Å²) in [6.07, 6.45) is 1.73. The Balaban J connectivity index is 2.18. The van der Waals surface area contributed by atoms with Gasteiger partial charge in [-0.05, 0) is 6.07 Å². The second kappa shape index (κ2) is 3.92. The zero-order valence-corrected chi connectivity index (χ0v) is 9.89. The molecule has 0 saturated heterocycles. The minimum absolute atomic E-state index is 0.308. The van der Waals surface area contributed by atoms with E-state index in [-0.39, 0.29) is 0 Å². The van der Waals surface area contributed by atoms with Crippen LogP contribution >= 0.6 is 22.9 Å². The van der Waals surface area contributed by atoms with Gasteiger partial charge in [-0.3, -0.25) is 0 Å². The van der Waals surface area contributed by atoms with Gasteiger partial charge in [0.1, 0.15) is 0 Å². The molecule has 2 heterocycles. The Morgan fingerprint density at radius 2 is 2.19 bits per heavy atom. The number of alkyl halides is 1. The lowest BCUT2D eigenvalue weighted by atomic mass is 10.1. The van der Waals surface area contributed by atoms with Crippen molar-refractivity contribution in [1.29, 1.82) is 0 Å². The molecule has 0 saturated carbocycles. The van der Waals surface area contributed by atoms with Crippen LogP contribution in [0.4, 0.5) is 0 Å². The second-order valence-electron chi connectivity index (χ2n) is 3.40. The lowest BCUT2D eigenvalue weighted by Gasteiger charge is -1.93. The lowest BCUT2D eigenvalue weighted by Crippen LogP contribution is -1.71. The maximum atomic E-state index is 5.67. The second-order valence-corrected chi connectivity index (χ2v) is 4.58. The molecule has 1 aromatic carbocycles. The molecule has 0 amide bonds. The van der Waals surface area contributed by atoms with Gasteiger partial charge in [0.2, 0.25) is 5.89 Å². The molecule has 0 N–H and O–H groups in total. The predicted molar refractivity (Wildman–Crippen MR) is 66.9 cm³/mol. The Kier molecular flexibility index (Phi) is 2.42. The van der Waals surface area contributed by atoms with E-state index < -0.39 is 0 Å². The summed E-state index contributed by atoms with van der Waals surface area (Å²) in [5.74, 6) is 1.65. The van der Waals surface area contributed by atoms with Crippen LogP contribution in [0.1, 0.15) is 5.89 Å². The number of aromatic nitrogens is 1. The summed E-state index contributed by atoms with van der Waals surface area (Å²) in [6.45, 7) is 0. The minimum Gasteiger partial charge on any atom is -0.439 e. The maximum absolute atomic E-state index is 5.67. The average Bonchev–Trinajstić information content (AvgIpc) is 2.94. The molecule has 2 nitrogen and oxygen atoms in total. The molecule has 3 aromatic rings. The molecule has 0 radical (unpaired) electrons. The highest BCUT2D eigenvalue weighted by molar-refractivity contribution is 7.17. The van der Waals surface area contributed by atoms with Crippen LogP contribution in [0, 0.1) is 0 Å². The number of hydrogen-bond donors (Lipinski definition) is 0. The number of hydrogen-bond acceptors (Lipinski definition) is 3. The van der Waals surface area contributed by atoms with E-state index in [1.807, 2.05) is 12.1 Å². The smallest absolute Gasteiger partial charge is 0.209 e. The molecule has 4 heteroatoms. The summed E-state index contributed by atoms with van der Waals surface area (Å²) in [7, 11) is 0. The largest absolute Gasteiger partial charge is 0.439 e. The van der Waals surface area contributed by atoms with E-state index in [2.05, 4.69) is 22.5 Å². The van der Waals surface area contributed by atoms with E-state index in [9.17, 15) is 0 Å². The van der Waals surface area contributed by atoms with Crippen molar-refractivity contribution in [1.82, 2.24) is 4.98 Å². The van der Waals surface area contributed by atoms with Crippen LogP contribution in [0.5, 0.6) is 0 Å². The molecule has 2 aromatic heterocycles. The van der Waals surface area contributed by atoms with Crippen molar-refractivity contribution in [3.05, 3.63) is 41.7 Å². The van der Waals surface area contributed by atoms with Gasteiger partial charge in [0.05, 0.1) is 12.1 Å². The third kappa shape index (κ3) is 1.52. The van der Waals surface area contributed by atoms with Gasteiger partial charge in [-0.2, -0.15) is 0 Å². The first kappa shape index (κ1) is 9.87. The molecule has 0 spiro atoms. The highest BCUT2D eigenvalue weighted by Crippen LogP contribution is 2.34. The van der Waals surface area contributed by atoms with E-state index in [1.54, 1.807) is 17.5 Å². The number of nitrogens with zero attached hydrogens (tertiary/aromatic N) is 1. The van der Waals surface area contributed by atoms with Gasteiger partial charge in [-0.1, -0.05) is 18.2 Å². The fraction of sp³-hybridized carbons (Fsp3) is 0.0833. The number of halogens is 1. The standard InChI is InChI=1S/C12H8ClNOS/c13-5-12-14-6-10(15-12)9-7-16-11-4-2-1-3-8(9)11/h1-4,6-7H,5H2. The van der Waals surface area contributed by atoms with Crippen molar-refractivity contribution in [3.63, 3.8) is 0 Å². The van der Waals surface area contributed by atoms with Crippen molar-refractivity contribution in [3.8, 4) is 11.3 Å². The summed E-state index contributed by atoms with van der Waals surface area (Å²) in [5.41, 5.74) is 1.09. The quantitative estimate of drug-likeness (QED) is 0.633. The van der Waals surface area contributed by atoms with E-state index in [0.29, 0.717) is 11.8 Å². The Bertz CT molecular complexity index is 629. The number of thiophene rings is 1. The molecule has 80 valence electrons. The molecule has 0 fully saturated rings. The summed E-state index contributed by atoms with van der Waals surface area (Å²) < 4.78 is 6.80. The van der Waals surface area contributed by atoms with E-state index in [1.165, 1.54) is 10.1 Å². The third-order valence-corrected chi connectivity index (χ3v) is 3.61. The Labute approximate surface area is 101 Å². The minimum atomic E-state index is 0.308. The molecule has 0 aliphatic heterocycles. The topological polar surface area (TPSA) is 26.0 Å². The monoisotopic (exact) mass is 249 g/mol. The highest BCUT2D eigenvalue weighted by Gasteiger charge is 2.10. The van der Waals surface area contributed by atoms with Crippen LogP contribution in [-0.2, 0) is 5.88 Å². The van der Waals surface area contributed by atoms with Gasteiger partial charge in [0.25, 0.3) is 0 Å². The first-order chi connectivity index (χ1) is 7.88. The number of oxazole rings is 1. The summed E-state index contributed by atoms with van der Waals surface area (Å²) in [6, 6.07) is 8.25. The van der Waals surface area contributed by atoms with E-state index in [4.69, 9.17) is 16.0 Å². The van der Waals surface area contributed by atoms with Gasteiger partial charge in [-0.15, -0.1) is 22.9 Å². The maximum Gasteiger partial charge on any atom is 0.209 e. The molecular weight excluding hydrogens is 242 g/mol. The molecule has 16 heavy (non-hydrogen) atoms. The Morgan fingerprint density at radius 1 is 1.31 bits per heavy atom. The van der Waals surface area contributed by atoms with Crippen molar-refractivity contribution in [2.24, 2.45) is 0 Å². The highest BCUT2D eigenvalue weighted by atomic mass is 35.5. The summed E-state index contributed by atoms with van der Waals surface area (Å²) >= 11 is 7.37. The molecule has 0 aliphatic carbocycles. The van der Waals surface area contributed by atoms with Crippen LogP contribution in [-0.4, -0.2) is 4.98 Å². The molecular formula is C12H8ClNOS. The van der Waals surface area contributed by atoms with Crippen molar-refractivity contribution >= 4 is 33.0 Å². The predicted octanol–water partition coefficient (Wildman–Crippen LogP) is 4.30. The fourth-order valence-corrected chi connectivity index (χ4v) is 2.74. The normalized spacial score (nSPS) is 11.1. The Morgan fingerprint density at radius 3 is 3.00 bits per heavy atom. The van der Waals surface area contributed by atoms with Crippen molar-refractivity contribution in [2.75, 3.05) is 0 Å². The first-order valence-electron chi connectivity index (χ1n) is 4.86. The molecule has 3 rings (SSSR count). The molecule has 0 unspecified atom stereocenters. The van der Waals surface area contributed by atoms with Crippen LogP contribution in [0.2, 0.25) is 0 Å². The third-order valence-electron chi connectivity index (χ3n) is 2.41. The molecule has 0 atom stereocenters. The summed E-state index contributed by atoms with van der Waals surface area (Å²) in [5, 5.41) is 3.29. The van der Waals surface area contributed by atoms with Crippen molar-refractivity contribution in [2.45, 2.75) is 5.88 Å². The first-order valence-corrected chi connectivity index (χ1v) is 6.27. The molecule has 0 bridgehead atoms. The number of benzene rings is 1. The Hall–Kier alpha value is -1.32. The van der Waals surface area contributed by atoms with Crippen molar-refractivity contribution < 1.29 is 4.42 Å². The van der Waals surface area contributed by atoms with Crippen LogP contribution in [0.3, 0.4) is 0 Å². The summed E-state index contributed by atoms with van der Waals surface area (Å²) in [4.78, 5) is 4.10. The fourth-order valence-electron chi connectivity index (χ4n) is 1.67. The molecule has 0 aliphatic rings. The average molecular weight is 250 g/mol. The lowest BCUT2D eigenvalue weighted by molar-refractivity contribution is 0.529. The van der Waals surface area contributed by atoms with Crippen LogP contribution in [0.15, 0.2) is 40.3 Å². The van der Waals surface area contributed by atoms with Gasteiger partial charge >= 0.3 is 0 Å². The van der Waals surface area contributed by atoms with Gasteiger partial charge in [0, 0.05) is 21.0 Å². The van der Waals surface area contributed by atoms with E-state index >= 15 is 0 Å². The van der Waals surface area contributed by atoms with Crippen LogP contribution in [0.25, 0.3) is 21.4 Å². The van der Waals surface area contributed by atoms with Gasteiger partial charge in [-0.25, -0.2) is 4.98 Å². The van der Waals surface area contributed by atoms with Crippen LogP contribution < -0.4 is 0 Å². The number of fused-ring (bicyclic) bond motifs is 1. The van der Waals surface area contributed by atoms with Gasteiger partial charge in [0.15, 0.2) is 5.76 Å².